The molecule has 14 heavy (non-hydrogen) atoms. The fourth-order valence-corrected chi connectivity index (χ4v) is 0.996. The van der Waals surface area contributed by atoms with Gasteiger partial charge in [-0.25, -0.2) is 4.39 Å². The number of para-hydroxylation sites is 1. The Labute approximate surface area is 82.3 Å². The summed E-state index contributed by atoms with van der Waals surface area (Å²) in [5.41, 5.74) is 0.218. The van der Waals surface area contributed by atoms with Gasteiger partial charge in [-0.2, -0.15) is 0 Å². The molecule has 0 radical (unpaired) electrons. The van der Waals surface area contributed by atoms with Crippen molar-refractivity contribution in [3.8, 4) is 0 Å². The van der Waals surface area contributed by atoms with Crippen LogP contribution in [0.1, 0.15) is 6.92 Å². The molecule has 0 aliphatic carbocycles. The molecule has 0 heterocycles. The lowest BCUT2D eigenvalue weighted by Gasteiger charge is -2.05. The topological polar surface area (TPSA) is 41.1 Å². The van der Waals surface area contributed by atoms with Gasteiger partial charge < -0.3 is 10.6 Å². The van der Waals surface area contributed by atoms with Crippen LogP contribution in [0, 0.1) is 5.82 Å². The SMILES string of the molecule is CCNCC(=O)Nc1ccccc1F. The molecule has 0 aromatic heterocycles. The second-order valence-electron chi connectivity index (χ2n) is 2.81. The van der Waals surface area contributed by atoms with Crippen LogP contribution in [-0.4, -0.2) is 19.0 Å². The summed E-state index contributed by atoms with van der Waals surface area (Å²) in [5, 5.41) is 5.32. The molecule has 1 aromatic carbocycles. The lowest BCUT2D eigenvalue weighted by molar-refractivity contribution is -0.115. The number of nitrogens with one attached hydrogen (secondary N) is 2. The Bertz CT molecular complexity index is 315. The fourth-order valence-electron chi connectivity index (χ4n) is 0.996. The van der Waals surface area contributed by atoms with Gasteiger partial charge >= 0.3 is 0 Å². The molecule has 2 N–H and O–H groups in total. The molecule has 76 valence electrons. The third-order valence-corrected chi connectivity index (χ3v) is 1.68. The molecular formula is C10H13FN2O. The van der Waals surface area contributed by atoms with Crippen LogP contribution in [0.25, 0.3) is 0 Å². The number of likely N-dealkylation sites (N-methyl/N-ethyl adjacent to an activating group) is 1. The highest BCUT2D eigenvalue weighted by molar-refractivity contribution is 5.92. The molecule has 0 fully saturated rings. The lowest BCUT2D eigenvalue weighted by Crippen LogP contribution is -2.28. The minimum Gasteiger partial charge on any atom is -0.322 e. The summed E-state index contributed by atoms with van der Waals surface area (Å²) in [6, 6.07) is 6.09. The van der Waals surface area contributed by atoms with Gasteiger partial charge in [0.25, 0.3) is 0 Å². The Morgan fingerprint density at radius 1 is 1.43 bits per heavy atom. The van der Waals surface area contributed by atoms with Crippen LogP contribution < -0.4 is 10.6 Å². The number of carbonyl (C=O) groups is 1. The van der Waals surface area contributed by atoms with Crippen molar-refractivity contribution in [3.63, 3.8) is 0 Å². The standard InChI is InChI=1S/C10H13FN2O/c1-2-12-7-10(14)13-9-6-4-3-5-8(9)11/h3-6,12H,2,7H2,1H3,(H,13,14). The molecule has 0 unspecified atom stereocenters. The van der Waals surface area contributed by atoms with Crippen LogP contribution in [0.15, 0.2) is 24.3 Å². The number of hydrogen-bond donors (Lipinski definition) is 2. The van der Waals surface area contributed by atoms with Crippen LogP contribution in [0.5, 0.6) is 0 Å². The van der Waals surface area contributed by atoms with Gasteiger partial charge in [-0.1, -0.05) is 19.1 Å². The van der Waals surface area contributed by atoms with E-state index in [1.165, 1.54) is 12.1 Å². The summed E-state index contributed by atoms with van der Waals surface area (Å²) < 4.78 is 13.0. The average molecular weight is 196 g/mol. The van der Waals surface area contributed by atoms with E-state index >= 15 is 0 Å². The number of carbonyl (C=O) groups excluding carboxylic acids is 1. The molecule has 0 aliphatic rings. The van der Waals surface area contributed by atoms with Crippen molar-refractivity contribution in [3.05, 3.63) is 30.1 Å². The van der Waals surface area contributed by atoms with Crippen LogP contribution >= 0.6 is 0 Å². The van der Waals surface area contributed by atoms with Crippen molar-refractivity contribution >= 4 is 11.6 Å². The van der Waals surface area contributed by atoms with Crippen molar-refractivity contribution in [2.45, 2.75) is 6.92 Å². The van der Waals surface area contributed by atoms with E-state index < -0.39 is 5.82 Å². The fraction of sp³-hybridized carbons (Fsp3) is 0.300. The summed E-state index contributed by atoms with van der Waals surface area (Å²) in [7, 11) is 0. The Balaban J connectivity index is 2.52. The second kappa shape index (κ2) is 5.34. The predicted molar refractivity (Wildman–Crippen MR) is 53.6 cm³/mol. The summed E-state index contributed by atoms with van der Waals surface area (Å²) >= 11 is 0. The Morgan fingerprint density at radius 3 is 2.79 bits per heavy atom. The molecule has 0 saturated carbocycles. The van der Waals surface area contributed by atoms with Crippen LogP contribution in [0.2, 0.25) is 0 Å². The highest BCUT2D eigenvalue weighted by Gasteiger charge is 2.04. The molecule has 0 spiro atoms. The molecule has 0 saturated heterocycles. The van der Waals surface area contributed by atoms with E-state index in [1.807, 2.05) is 6.92 Å². The molecule has 3 nitrogen and oxygen atoms in total. The Morgan fingerprint density at radius 2 is 2.14 bits per heavy atom. The molecular weight excluding hydrogens is 183 g/mol. The summed E-state index contributed by atoms with van der Waals surface area (Å²) in [5.74, 6) is -0.658. The molecule has 0 aliphatic heterocycles. The van der Waals surface area contributed by atoms with Gasteiger partial charge in [0.15, 0.2) is 0 Å². The van der Waals surface area contributed by atoms with Gasteiger partial charge in [0.2, 0.25) is 5.91 Å². The predicted octanol–water partition coefficient (Wildman–Crippen LogP) is 1.37. The van der Waals surface area contributed by atoms with Gasteiger partial charge in [0.1, 0.15) is 5.82 Å². The maximum absolute atomic E-state index is 13.0. The molecule has 1 aromatic rings. The van der Waals surface area contributed by atoms with Crippen molar-refractivity contribution < 1.29 is 9.18 Å². The summed E-state index contributed by atoms with van der Waals surface area (Å²) in [6.07, 6.45) is 0. The van der Waals surface area contributed by atoms with Crippen molar-refractivity contribution in [2.75, 3.05) is 18.4 Å². The number of benzene rings is 1. The average Bonchev–Trinajstić information content (AvgIpc) is 2.18. The van der Waals surface area contributed by atoms with Gasteiger partial charge in [-0.3, -0.25) is 4.79 Å². The van der Waals surface area contributed by atoms with E-state index in [-0.39, 0.29) is 18.1 Å². The minimum absolute atomic E-state index is 0.199. The molecule has 1 rings (SSSR count). The number of anilines is 1. The monoisotopic (exact) mass is 196 g/mol. The normalized spacial score (nSPS) is 9.86. The molecule has 1 amide bonds. The van der Waals surface area contributed by atoms with Gasteiger partial charge in [0, 0.05) is 0 Å². The minimum atomic E-state index is -0.419. The van der Waals surface area contributed by atoms with Gasteiger partial charge in [0.05, 0.1) is 12.2 Å². The lowest BCUT2D eigenvalue weighted by atomic mass is 10.3. The van der Waals surface area contributed by atoms with E-state index in [1.54, 1.807) is 12.1 Å². The second-order valence-corrected chi connectivity index (χ2v) is 2.81. The smallest absolute Gasteiger partial charge is 0.238 e. The van der Waals surface area contributed by atoms with Crippen molar-refractivity contribution in [1.82, 2.24) is 5.32 Å². The maximum atomic E-state index is 13.0. The van der Waals surface area contributed by atoms with E-state index in [9.17, 15) is 9.18 Å². The highest BCUT2D eigenvalue weighted by Crippen LogP contribution is 2.11. The third kappa shape index (κ3) is 3.14. The number of hydrogen-bond acceptors (Lipinski definition) is 2. The first-order valence-electron chi connectivity index (χ1n) is 4.49. The van der Waals surface area contributed by atoms with Crippen LogP contribution in [-0.2, 0) is 4.79 Å². The summed E-state index contributed by atoms with van der Waals surface area (Å²) in [4.78, 5) is 11.2. The van der Waals surface area contributed by atoms with E-state index in [2.05, 4.69) is 10.6 Å². The maximum Gasteiger partial charge on any atom is 0.238 e. The van der Waals surface area contributed by atoms with Crippen molar-refractivity contribution in [1.29, 1.82) is 0 Å². The van der Waals surface area contributed by atoms with E-state index in [0.717, 1.165) is 0 Å². The summed E-state index contributed by atoms with van der Waals surface area (Å²) in [6.45, 7) is 2.81. The van der Waals surface area contributed by atoms with Crippen LogP contribution in [0.4, 0.5) is 10.1 Å². The van der Waals surface area contributed by atoms with Crippen LogP contribution in [0.3, 0.4) is 0 Å². The molecule has 0 atom stereocenters. The van der Waals surface area contributed by atoms with E-state index in [4.69, 9.17) is 0 Å². The zero-order valence-corrected chi connectivity index (χ0v) is 8.01. The molecule has 0 bridgehead atoms. The zero-order valence-electron chi connectivity index (χ0n) is 8.01. The Kier molecular flexibility index (Phi) is 4.07. The van der Waals surface area contributed by atoms with Gasteiger partial charge in [-0.15, -0.1) is 0 Å². The van der Waals surface area contributed by atoms with E-state index in [0.29, 0.717) is 6.54 Å². The first kappa shape index (κ1) is 10.7. The molecule has 4 heteroatoms. The third-order valence-electron chi connectivity index (χ3n) is 1.68. The van der Waals surface area contributed by atoms with Crippen molar-refractivity contribution in [2.24, 2.45) is 0 Å². The zero-order chi connectivity index (χ0) is 10.4. The first-order valence-corrected chi connectivity index (χ1v) is 4.49. The number of rotatable bonds is 4. The van der Waals surface area contributed by atoms with Gasteiger partial charge in [-0.05, 0) is 18.7 Å². The Hall–Kier alpha value is -1.42. The quantitative estimate of drug-likeness (QED) is 0.763. The number of halogens is 1. The first-order chi connectivity index (χ1) is 6.74. The highest BCUT2D eigenvalue weighted by atomic mass is 19.1. The largest absolute Gasteiger partial charge is 0.322 e. The number of amides is 1.